The predicted molar refractivity (Wildman–Crippen MR) is 242 cm³/mol. The van der Waals surface area contributed by atoms with Crippen LogP contribution < -0.4 is 27.0 Å². The van der Waals surface area contributed by atoms with Gasteiger partial charge in [-0.2, -0.15) is 0 Å². The van der Waals surface area contributed by atoms with Crippen molar-refractivity contribution >= 4 is 23.6 Å². The molecule has 346 valence electrons. The zero-order valence-corrected chi connectivity index (χ0v) is 37.8. The molecule has 7 rings (SSSR count). The number of amides is 4. The third kappa shape index (κ3) is 12.0. The van der Waals surface area contributed by atoms with Gasteiger partial charge in [0.1, 0.15) is 18.2 Å². The second-order valence-electron chi connectivity index (χ2n) is 18.4. The lowest BCUT2D eigenvalue weighted by Crippen LogP contribution is -2.60. The van der Waals surface area contributed by atoms with Crippen molar-refractivity contribution in [1.82, 2.24) is 40.9 Å². The van der Waals surface area contributed by atoms with Crippen LogP contribution >= 0.6 is 0 Å². The quantitative estimate of drug-likeness (QED) is 0.195. The molecule has 6 N–H and O–H groups in total. The zero-order valence-electron chi connectivity index (χ0n) is 37.8. The monoisotopic (exact) mass is 872 g/mol. The lowest BCUT2D eigenvalue weighted by atomic mass is 9.88. The van der Waals surface area contributed by atoms with E-state index in [0.717, 1.165) is 65.0 Å². The summed E-state index contributed by atoms with van der Waals surface area (Å²) in [6.07, 6.45) is 5.29. The molecule has 0 aliphatic carbocycles. The first-order valence-corrected chi connectivity index (χ1v) is 23.7. The van der Waals surface area contributed by atoms with Gasteiger partial charge in [-0.25, -0.2) is 0 Å². The average molecular weight is 872 g/mol. The fourth-order valence-corrected chi connectivity index (χ4v) is 10.7. The molecule has 8 bridgehead atoms. The number of ether oxygens (including phenoxy) is 2. The van der Waals surface area contributed by atoms with Crippen LogP contribution in [0.4, 0.5) is 0 Å². The molecule has 0 saturated carbocycles. The zero-order chi connectivity index (χ0) is 44.3. The number of nitrogens with two attached hydrogens (primary N) is 1. The van der Waals surface area contributed by atoms with Crippen molar-refractivity contribution in [2.45, 2.75) is 113 Å². The van der Waals surface area contributed by atoms with Crippen molar-refractivity contribution in [2.24, 2.45) is 17.6 Å². The Labute approximate surface area is 374 Å². The Hall–Kier alpha value is -3.96. The largest absolute Gasteiger partial charge is 0.374 e. The van der Waals surface area contributed by atoms with Crippen LogP contribution in [0.25, 0.3) is 0 Å². The van der Waals surface area contributed by atoms with Gasteiger partial charge in [-0.3, -0.25) is 34.3 Å². The summed E-state index contributed by atoms with van der Waals surface area (Å²) >= 11 is 0. The molecule has 0 aromatic heterocycles. The molecule has 2 unspecified atom stereocenters. The standard InChI is InChI=1S/C48H73N9O6/c1-33(50-2)45(58)52-38-17-11-6-12-18-39(53-46(59)44(49)51-3)48(61)57-26-22-37-41(57)30-55(24-20-35-15-9-5-10-16-35)32-43(37)63-28-27-62-42-31-54(23-19-34-13-7-4-8-14-34)29-40-36(42)21-25-56(40)47(38)60/h4-5,7-10,13-16,33,36-44,50-51H,6,11-12,17-32,49H2,1-3H3,(H,52,58)(H,53,59)/t33-,36+,37+,38-,39-,40+,41+,42?,43?,44+/m0/s1. The maximum atomic E-state index is 14.7. The highest BCUT2D eigenvalue weighted by Gasteiger charge is 2.49. The van der Waals surface area contributed by atoms with Gasteiger partial charge in [-0.05, 0) is 70.7 Å². The SMILES string of the molecule is CN[C@@H](C)C(=O)N[C@H]1CCCCC[C@H](NC(=O)[C@H](N)NC)C(=O)N2CC[C@H]3C(CN(CCc4ccccc4)C[C@H]32)OCCOC2CN(CCc3ccccc3)C[C@@H]3[C@H]2CCN3C1=O. The molecule has 63 heavy (non-hydrogen) atoms. The first-order valence-electron chi connectivity index (χ1n) is 23.7. The maximum absolute atomic E-state index is 14.7. The number of hydrogen-bond donors (Lipinski definition) is 5. The highest BCUT2D eigenvalue weighted by molar-refractivity contribution is 5.90. The van der Waals surface area contributed by atoms with Gasteiger partial charge in [0.25, 0.3) is 5.91 Å². The van der Waals surface area contributed by atoms with Gasteiger partial charge in [-0.15, -0.1) is 0 Å². The summed E-state index contributed by atoms with van der Waals surface area (Å²) in [5.74, 6) is -0.447. The lowest BCUT2D eigenvalue weighted by Gasteiger charge is -2.44. The van der Waals surface area contributed by atoms with Crippen LogP contribution in [0.3, 0.4) is 0 Å². The summed E-state index contributed by atoms with van der Waals surface area (Å²) in [4.78, 5) is 64.8. The van der Waals surface area contributed by atoms with Gasteiger partial charge in [-0.1, -0.05) is 79.9 Å². The molecular weight excluding hydrogens is 799 g/mol. The van der Waals surface area contributed by atoms with Crippen LogP contribution in [0.1, 0.15) is 63.0 Å². The molecule has 15 heteroatoms. The summed E-state index contributed by atoms with van der Waals surface area (Å²) < 4.78 is 13.6. The Morgan fingerprint density at radius 1 is 0.651 bits per heavy atom. The molecule has 0 spiro atoms. The van der Waals surface area contributed by atoms with Crippen molar-refractivity contribution in [3.63, 3.8) is 0 Å². The van der Waals surface area contributed by atoms with Crippen molar-refractivity contribution < 1.29 is 28.7 Å². The fourth-order valence-electron chi connectivity index (χ4n) is 10.7. The Morgan fingerprint density at radius 3 is 1.56 bits per heavy atom. The Morgan fingerprint density at radius 2 is 1.11 bits per heavy atom. The highest BCUT2D eigenvalue weighted by atomic mass is 16.5. The van der Waals surface area contributed by atoms with E-state index in [9.17, 15) is 19.2 Å². The number of rotatable bonds is 12. The van der Waals surface area contributed by atoms with E-state index in [0.29, 0.717) is 58.4 Å². The second kappa shape index (κ2) is 22.8. The number of hydrogen-bond acceptors (Lipinski definition) is 11. The summed E-state index contributed by atoms with van der Waals surface area (Å²) in [7, 11) is 3.36. The highest BCUT2D eigenvalue weighted by Crippen LogP contribution is 2.36. The normalized spacial score (nSPS) is 30.0. The summed E-state index contributed by atoms with van der Waals surface area (Å²) in [5, 5.41) is 11.9. The average Bonchev–Trinajstić information content (AvgIpc) is 3.95. The van der Waals surface area contributed by atoms with Crippen LogP contribution in [0.5, 0.6) is 0 Å². The summed E-state index contributed by atoms with van der Waals surface area (Å²) in [5.41, 5.74) is 8.64. The summed E-state index contributed by atoms with van der Waals surface area (Å²) in [6, 6.07) is 19.0. The molecule has 5 aliphatic heterocycles. The minimum absolute atomic E-state index is 0.0377. The molecule has 5 aliphatic rings. The third-order valence-corrected chi connectivity index (χ3v) is 14.5. The molecule has 0 radical (unpaired) electrons. The minimum atomic E-state index is -0.951. The number of benzene rings is 2. The molecule has 10 atom stereocenters. The summed E-state index contributed by atoms with van der Waals surface area (Å²) in [6.45, 7) is 8.60. The van der Waals surface area contributed by atoms with Crippen LogP contribution in [-0.2, 0) is 41.5 Å². The first kappa shape index (κ1) is 47.0. The van der Waals surface area contributed by atoms with Crippen LogP contribution in [-0.4, -0.2) is 171 Å². The Bertz CT molecular complexity index is 1660. The Kier molecular flexibility index (Phi) is 17.0. The minimum Gasteiger partial charge on any atom is -0.374 e. The van der Waals surface area contributed by atoms with Gasteiger partial charge in [0.05, 0.1) is 31.5 Å². The van der Waals surface area contributed by atoms with Crippen molar-refractivity contribution in [3.05, 3.63) is 71.8 Å². The van der Waals surface area contributed by atoms with Crippen molar-refractivity contribution in [3.8, 4) is 0 Å². The number of nitrogens with zero attached hydrogens (tertiary/aromatic N) is 4. The second-order valence-corrected chi connectivity index (χ2v) is 18.4. The van der Waals surface area contributed by atoms with E-state index in [1.807, 2.05) is 21.9 Å². The maximum Gasteiger partial charge on any atom is 0.252 e. The van der Waals surface area contributed by atoms with Crippen LogP contribution in [0.2, 0.25) is 0 Å². The van der Waals surface area contributed by atoms with E-state index in [2.05, 4.69) is 79.6 Å². The van der Waals surface area contributed by atoms with E-state index in [1.54, 1.807) is 21.0 Å². The predicted octanol–water partition coefficient (Wildman–Crippen LogP) is 1.35. The Balaban J connectivity index is 1.14. The lowest BCUT2D eigenvalue weighted by molar-refractivity contribution is -0.142. The number of carbonyl (C=O) groups is 4. The molecule has 5 saturated heterocycles. The first-order chi connectivity index (χ1) is 30.6. The smallest absolute Gasteiger partial charge is 0.252 e. The van der Waals surface area contributed by atoms with Gasteiger partial charge in [0.15, 0.2) is 0 Å². The molecule has 5 heterocycles. The number of likely N-dealkylation sites (N-methyl/N-ethyl adjacent to an activating group) is 2. The number of carbonyl (C=O) groups excluding carboxylic acids is 4. The van der Waals surface area contributed by atoms with Gasteiger partial charge >= 0.3 is 0 Å². The van der Waals surface area contributed by atoms with Gasteiger partial charge in [0, 0.05) is 76.3 Å². The van der Waals surface area contributed by atoms with E-state index in [-0.39, 0.29) is 53.8 Å². The van der Waals surface area contributed by atoms with E-state index in [1.165, 1.54) is 11.1 Å². The van der Waals surface area contributed by atoms with Gasteiger partial charge < -0.3 is 41.0 Å². The van der Waals surface area contributed by atoms with Gasteiger partial charge in [0.2, 0.25) is 17.7 Å². The molecule has 2 aromatic rings. The van der Waals surface area contributed by atoms with Crippen molar-refractivity contribution in [2.75, 3.05) is 79.7 Å². The van der Waals surface area contributed by atoms with Crippen LogP contribution in [0, 0.1) is 11.8 Å². The number of likely N-dealkylation sites (tertiary alicyclic amines) is 2. The fraction of sp³-hybridized carbons (Fsp3) is 0.667. The van der Waals surface area contributed by atoms with Crippen molar-refractivity contribution in [1.29, 1.82) is 0 Å². The van der Waals surface area contributed by atoms with E-state index < -0.39 is 30.2 Å². The number of nitrogens with one attached hydrogen (secondary N) is 4. The van der Waals surface area contributed by atoms with E-state index >= 15 is 0 Å². The molecule has 2 aromatic carbocycles. The third-order valence-electron chi connectivity index (χ3n) is 14.5. The molecular formula is C48H73N9O6. The van der Waals surface area contributed by atoms with E-state index in [4.69, 9.17) is 15.2 Å². The topological polar surface area (TPSA) is 174 Å². The van der Waals surface area contributed by atoms with Crippen LogP contribution in [0.15, 0.2) is 60.7 Å². The molecule has 15 nitrogen and oxygen atoms in total. The molecule has 5 fully saturated rings. The number of piperidine rings is 2. The molecule has 4 amide bonds.